The van der Waals surface area contributed by atoms with Crippen LogP contribution < -0.4 is 0 Å². The van der Waals surface area contributed by atoms with E-state index in [1.54, 1.807) is 12.1 Å². The van der Waals surface area contributed by atoms with E-state index in [0.29, 0.717) is 28.7 Å². The number of rotatable bonds is 2. The number of benzene rings is 1. The predicted molar refractivity (Wildman–Crippen MR) is 75.0 cm³/mol. The molecule has 3 heterocycles. The highest BCUT2D eigenvalue weighted by atomic mass is 16.6. The molecule has 6 heteroatoms. The topological polar surface area (TPSA) is 68.5 Å². The number of ketones is 1. The SMILES string of the molecule is CN1C2COCC1CC(C(=O)c1ccc3nonc3c1)C2. The number of nitrogens with zero attached hydrogens (tertiary/aromatic N) is 3. The highest BCUT2D eigenvalue weighted by molar-refractivity contribution is 6.00. The van der Waals surface area contributed by atoms with Crippen LogP contribution in [-0.4, -0.2) is 53.3 Å². The summed E-state index contributed by atoms with van der Waals surface area (Å²) >= 11 is 0. The Morgan fingerprint density at radius 2 is 1.90 bits per heavy atom. The van der Waals surface area contributed by atoms with Gasteiger partial charge in [-0.15, -0.1) is 0 Å². The molecule has 0 aliphatic carbocycles. The minimum Gasteiger partial charge on any atom is -0.378 e. The lowest BCUT2D eigenvalue weighted by molar-refractivity contribution is -0.0702. The fraction of sp³-hybridized carbons (Fsp3) is 0.533. The molecule has 2 fully saturated rings. The van der Waals surface area contributed by atoms with E-state index in [2.05, 4.69) is 26.9 Å². The third kappa shape index (κ3) is 2.15. The third-order valence-corrected chi connectivity index (χ3v) is 4.79. The quantitative estimate of drug-likeness (QED) is 0.780. The Kier molecular flexibility index (Phi) is 3.01. The second kappa shape index (κ2) is 4.89. The standard InChI is InChI=1S/C15H17N3O3/c1-18-11-4-10(5-12(18)8-20-7-11)15(19)9-2-3-13-14(6-9)17-21-16-13/h2-3,6,10-12H,4-5,7-8H2,1H3. The highest BCUT2D eigenvalue weighted by Gasteiger charge is 2.39. The number of aromatic nitrogens is 2. The summed E-state index contributed by atoms with van der Waals surface area (Å²) < 4.78 is 10.3. The number of piperidine rings is 1. The Labute approximate surface area is 122 Å². The first kappa shape index (κ1) is 12.9. The van der Waals surface area contributed by atoms with Crippen LogP contribution in [0, 0.1) is 5.92 Å². The summed E-state index contributed by atoms with van der Waals surface area (Å²) in [6.07, 6.45) is 1.72. The number of ether oxygens (including phenoxy) is 1. The van der Waals surface area contributed by atoms with Gasteiger partial charge in [0.25, 0.3) is 0 Å². The van der Waals surface area contributed by atoms with E-state index in [4.69, 9.17) is 4.74 Å². The van der Waals surface area contributed by atoms with Crippen molar-refractivity contribution in [2.75, 3.05) is 20.3 Å². The van der Waals surface area contributed by atoms with Crippen molar-refractivity contribution in [2.24, 2.45) is 5.92 Å². The third-order valence-electron chi connectivity index (χ3n) is 4.79. The summed E-state index contributed by atoms with van der Waals surface area (Å²) in [5.41, 5.74) is 2.02. The van der Waals surface area contributed by atoms with Gasteiger partial charge in [0.2, 0.25) is 0 Å². The molecule has 110 valence electrons. The zero-order valence-corrected chi connectivity index (χ0v) is 11.9. The fourth-order valence-corrected chi connectivity index (χ4v) is 3.48. The van der Waals surface area contributed by atoms with Gasteiger partial charge < -0.3 is 4.74 Å². The lowest BCUT2D eigenvalue weighted by atomic mass is 9.81. The van der Waals surface area contributed by atoms with Gasteiger partial charge >= 0.3 is 0 Å². The van der Waals surface area contributed by atoms with Crippen LogP contribution in [0.3, 0.4) is 0 Å². The molecule has 0 saturated carbocycles. The number of morpholine rings is 1. The van der Waals surface area contributed by atoms with Crippen LogP contribution in [-0.2, 0) is 4.74 Å². The van der Waals surface area contributed by atoms with Gasteiger partial charge in [-0.05, 0) is 48.4 Å². The Hall–Kier alpha value is -1.79. The maximum Gasteiger partial charge on any atom is 0.166 e. The van der Waals surface area contributed by atoms with Gasteiger partial charge in [-0.3, -0.25) is 9.69 Å². The average Bonchev–Trinajstić information content (AvgIpc) is 2.93. The molecule has 0 spiro atoms. The smallest absolute Gasteiger partial charge is 0.166 e. The molecule has 21 heavy (non-hydrogen) atoms. The van der Waals surface area contributed by atoms with Crippen molar-refractivity contribution in [3.8, 4) is 0 Å². The van der Waals surface area contributed by atoms with Gasteiger partial charge in [0, 0.05) is 23.6 Å². The van der Waals surface area contributed by atoms with Gasteiger partial charge in [-0.2, -0.15) is 0 Å². The first-order valence-corrected chi connectivity index (χ1v) is 7.28. The van der Waals surface area contributed by atoms with Crippen LogP contribution in [0.4, 0.5) is 0 Å². The van der Waals surface area contributed by atoms with Crippen molar-refractivity contribution in [2.45, 2.75) is 24.9 Å². The predicted octanol–water partition coefficient (Wildman–Crippen LogP) is 1.51. The van der Waals surface area contributed by atoms with Crippen LogP contribution >= 0.6 is 0 Å². The second-order valence-corrected chi connectivity index (χ2v) is 6.01. The normalized spacial score (nSPS) is 29.7. The minimum atomic E-state index is 0.0670. The number of likely N-dealkylation sites (N-methyl/N-ethyl adjacent to an activating group) is 1. The molecule has 4 rings (SSSR count). The van der Waals surface area contributed by atoms with Crippen molar-refractivity contribution < 1.29 is 14.2 Å². The molecule has 6 nitrogen and oxygen atoms in total. The summed E-state index contributed by atoms with van der Waals surface area (Å²) in [6, 6.07) is 6.09. The number of hydrogen-bond acceptors (Lipinski definition) is 6. The van der Waals surface area contributed by atoms with Crippen LogP contribution in [0.2, 0.25) is 0 Å². The maximum absolute atomic E-state index is 12.8. The molecular weight excluding hydrogens is 270 g/mol. The summed E-state index contributed by atoms with van der Waals surface area (Å²) in [5, 5.41) is 7.58. The highest BCUT2D eigenvalue weighted by Crippen LogP contribution is 2.32. The minimum absolute atomic E-state index is 0.0670. The summed E-state index contributed by atoms with van der Waals surface area (Å²) in [5.74, 6) is 0.266. The van der Waals surface area contributed by atoms with Gasteiger partial charge in [-0.25, -0.2) is 4.63 Å². The summed E-state index contributed by atoms with van der Waals surface area (Å²) in [6.45, 7) is 1.45. The van der Waals surface area contributed by atoms with Gasteiger partial charge in [0.1, 0.15) is 11.0 Å². The van der Waals surface area contributed by atoms with Crippen LogP contribution in [0.25, 0.3) is 11.0 Å². The molecule has 2 aromatic rings. The molecule has 0 amide bonds. The molecule has 2 aliphatic rings. The van der Waals surface area contributed by atoms with E-state index in [0.717, 1.165) is 26.1 Å². The molecule has 1 aromatic carbocycles. The summed E-state index contributed by atoms with van der Waals surface area (Å²) in [4.78, 5) is 15.1. The number of carbonyl (C=O) groups is 1. The Morgan fingerprint density at radius 3 is 2.67 bits per heavy atom. The monoisotopic (exact) mass is 287 g/mol. The van der Waals surface area contributed by atoms with E-state index in [1.807, 2.05) is 6.07 Å². The zero-order valence-electron chi connectivity index (χ0n) is 11.9. The van der Waals surface area contributed by atoms with Gasteiger partial charge in [-0.1, -0.05) is 0 Å². The molecule has 2 saturated heterocycles. The van der Waals surface area contributed by atoms with Crippen molar-refractivity contribution in [3.05, 3.63) is 23.8 Å². The van der Waals surface area contributed by atoms with Crippen molar-refractivity contribution in [1.29, 1.82) is 0 Å². The van der Waals surface area contributed by atoms with Crippen molar-refractivity contribution in [1.82, 2.24) is 15.2 Å². The van der Waals surface area contributed by atoms with Crippen LogP contribution in [0.15, 0.2) is 22.8 Å². The number of Topliss-reactive ketones (excluding diaryl/α,β-unsaturated/α-hetero) is 1. The molecular formula is C15H17N3O3. The lowest BCUT2D eigenvalue weighted by Gasteiger charge is -2.46. The molecule has 2 unspecified atom stereocenters. The van der Waals surface area contributed by atoms with Crippen molar-refractivity contribution in [3.63, 3.8) is 0 Å². The lowest BCUT2D eigenvalue weighted by Crippen LogP contribution is -2.55. The second-order valence-electron chi connectivity index (χ2n) is 6.01. The molecule has 0 N–H and O–H groups in total. The summed E-state index contributed by atoms with van der Waals surface area (Å²) in [7, 11) is 2.13. The molecule has 2 atom stereocenters. The van der Waals surface area contributed by atoms with E-state index < -0.39 is 0 Å². The molecule has 2 aliphatic heterocycles. The van der Waals surface area contributed by atoms with E-state index >= 15 is 0 Å². The van der Waals surface area contributed by atoms with Crippen LogP contribution in [0.5, 0.6) is 0 Å². The Balaban J connectivity index is 1.59. The van der Waals surface area contributed by atoms with Crippen LogP contribution in [0.1, 0.15) is 23.2 Å². The average molecular weight is 287 g/mol. The largest absolute Gasteiger partial charge is 0.378 e. The number of carbonyl (C=O) groups excluding carboxylic acids is 1. The van der Waals surface area contributed by atoms with E-state index in [-0.39, 0.29) is 11.7 Å². The Morgan fingerprint density at radius 1 is 1.19 bits per heavy atom. The molecule has 2 bridgehead atoms. The zero-order chi connectivity index (χ0) is 14.4. The number of hydrogen-bond donors (Lipinski definition) is 0. The fourth-order valence-electron chi connectivity index (χ4n) is 3.48. The van der Waals surface area contributed by atoms with E-state index in [1.165, 1.54) is 0 Å². The first-order valence-electron chi connectivity index (χ1n) is 7.28. The van der Waals surface area contributed by atoms with Crippen molar-refractivity contribution >= 4 is 16.8 Å². The number of fused-ring (bicyclic) bond motifs is 3. The van der Waals surface area contributed by atoms with Gasteiger partial charge in [0.05, 0.1) is 13.2 Å². The van der Waals surface area contributed by atoms with Gasteiger partial charge in [0.15, 0.2) is 5.78 Å². The maximum atomic E-state index is 12.8. The molecule has 1 aromatic heterocycles. The van der Waals surface area contributed by atoms with E-state index in [9.17, 15) is 4.79 Å². The Bertz CT molecular complexity index is 670. The molecule has 0 radical (unpaired) electrons. The first-order chi connectivity index (χ1) is 10.2.